The van der Waals surface area contributed by atoms with E-state index in [-0.39, 0.29) is 147 Å². The summed E-state index contributed by atoms with van der Waals surface area (Å²) in [5.74, 6) is -3.20. The van der Waals surface area contributed by atoms with Crippen molar-refractivity contribution in [2.24, 2.45) is 0 Å². The van der Waals surface area contributed by atoms with E-state index in [4.69, 9.17) is 77.3 Å². The van der Waals surface area contributed by atoms with Gasteiger partial charge in [0.15, 0.2) is 88.6 Å². The van der Waals surface area contributed by atoms with Crippen molar-refractivity contribution >= 4 is 115 Å². The molecule has 12 aromatic rings. The number of nitrogens with one attached hydrogen (secondary N) is 4. The molecule has 0 aliphatic heterocycles. The molecule has 144 heavy (non-hydrogen) atoms. The largest absolute Gasteiger partial charge is 0.394 e. The Bertz CT molecular complexity index is 8960. The molecule has 24 atom stereocenters. The predicted octanol–water partition coefficient (Wildman–Crippen LogP) is 8.73. The third-order valence-electron chi connectivity index (χ3n) is 22.6. The number of benzene rings is 4. The lowest BCUT2D eigenvalue weighted by atomic mass is 10.1. The van der Waals surface area contributed by atoms with Crippen molar-refractivity contribution in [3.8, 4) is 0 Å². The smallest absolute Gasteiger partial charge is 0.191 e. The average molecular weight is 2120 g/mol. The lowest BCUT2D eigenvalue weighted by Crippen LogP contribution is -2.33. The number of rotatable bonds is 40. The van der Waals surface area contributed by atoms with E-state index in [0.29, 0.717) is 82.0 Å². The summed E-state index contributed by atoms with van der Waals surface area (Å²) in [6.07, 6.45) is -69.3. The Balaban J connectivity index is 0.000000165. The number of ether oxygens (including phenoxy) is 4. The number of halogens is 4. The van der Waals surface area contributed by atoms with E-state index < -0.39 is 291 Å². The summed E-state index contributed by atoms with van der Waals surface area (Å²) in [6.45, 7) is -8.34. The number of fused-ring (bicyclic) bond motifs is 4. The van der Waals surface area contributed by atoms with Gasteiger partial charge in [0.1, 0.15) is 71.9 Å². The zero-order valence-electron chi connectivity index (χ0n) is 122. The summed E-state index contributed by atoms with van der Waals surface area (Å²) in [4.78, 5) is 33.5. The minimum atomic E-state index is -4.29. The molecule has 0 spiro atoms. The third-order valence-corrected chi connectivity index (χ3v) is 25.4. The van der Waals surface area contributed by atoms with Crippen LogP contribution < -0.4 is 21.3 Å². The fraction of sp³-hybridized carbons (Fsp3) is 0.583. The van der Waals surface area contributed by atoms with E-state index in [1.54, 1.807) is 76.2 Å². The van der Waals surface area contributed by atoms with E-state index in [9.17, 15) is 78.8 Å². The maximum atomic E-state index is 14.3. The van der Waals surface area contributed by atoms with Crippen LogP contribution in [-0.2, 0) is 18.9 Å². The quantitative estimate of drug-likeness (QED) is 0.00969. The molecule has 40 nitrogen and oxygen atoms in total. The maximum absolute atomic E-state index is 14.3. The Morgan fingerprint density at radius 2 is 0.632 bits per heavy atom. The second-order valence-corrected chi connectivity index (χ2v) is 35.4. The fourth-order valence-electron chi connectivity index (χ4n) is 14.9. The van der Waals surface area contributed by atoms with Crippen LogP contribution in [-0.4, -0.2) is 334 Å². The number of nitrogens with zero attached hydrogens (tertiary/aromatic N) is 20. The number of anilines is 4. The summed E-state index contributed by atoms with van der Waals surface area (Å²) in [5.41, 5.74) is -9.54. The molecule has 8 aliphatic carbocycles. The van der Waals surface area contributed by atoms with Gasteiger partial charge in [0.25, 0.3) is 0 Å². The molecule has 0 amide bonds. The molecule has 48 heteroatoms. The molecule has 8 saturated carbocycles. The van der Waals surface area contributed by atoms with Crippen LogP contribution in [0.5, 0.6) is 0 Å². The van der Waals surface area contributed by atoms with Crippen molar-refractivity contribution in [2.45, 2.75) is 298 Å². The molecule has 8 aliphatic rings. The Labute approximate surface area is 908 Å². The Morgan fingerprint density at radius 1 is 0.361 bits per heavy atom. The molecule has 0 bridgehead atoms. The zero-order valence-corrected chi connectivity index (χ0v) is 79.8. The van der Waals surface area contributed by atoms with Crippen LogP contribution in [0.15, 0.2) is 93.4 Å². The highest BCUT2D eigenvalue weighted by Gasteiger charge is 2.51. The van der Waals surface area contributed by atoms with Crippen molar-refractivity contribution in [3.63, 3.8) is 0 Å². The molecule has 0 unspecified atom stereocenters. The molecule has 0 saturated heterocycles. The molecule has 4 aromatic carbocycles. The van der Waals surface area contributed by atoms with Gasteiger partial charge in [-0.1, -0.05) is 144 Å². The van der Waals surface area contributed by atoms with Crippen molar-refractivity contribution in [2.75, 3.05) is 96.8 Å². The van der Waals surface area contributed by atoms with Gasteiger partial charge in [-0.3, -0.25) is 0 Å². The van der Waals surface area contributed by atoms with Gasteiger partial charge in [-0.25, -0.2) is 76.2 Å². The number of aliphatic hydroxyl groups excluding tert-OH is 2. The van der Waals surface area contributed by atoms with Crippen LogP contribution in [0.1, 0.15) is 260 Å². The van der Waals surface area contributed by atoms with Crippen LogP contribution in [0.3, 0.4) is 0 Å². The highest BCUT2D eigenvalue weighted by atomic mass is 32.2. The topological polar surface area (TPSA) is 554 Å². The first-order valence-electron chi connectivity index (χ1n) is 66.5. The van der Waals surface area contributed by atoms with Crippen molar-refractivity contribution < 1.29 is 161 Å². The molecule has 8 aromatic heterocycles. The summed E-state index contributed by atoms with van der Waals surface area (Å²) >= 11 is 1.11. The van der Waals surface area contributed by atoms with Crippen LogP contribution in [0, 0.1) is 51.0 Å². The van der Waals surface area contributed by atoms with Crippen molar-refractivity contribution in [3.05, 3.63) is 141 Å². The monoisotopic (exact) mass is 2120 g/mol. The average Bonchev–Trinajstić information content (AvgIpc) is 1.48. The molecule has 8 fully saturated rings. The Morgan fingerprint density at radius 3 is 0.882 bits per heavy atom. The van der Waals surface area contributed by atoms with E-state index >= 15 is 0 Å². The van der Waals surface area contributed by atoms with Gasteiger partial charge in [0.05, 0.1) is 134 Å². The summed E-state index contributed by atoms with van der Waals surface area (Å²) in [5, 5.41) is 167. The maximum Gasteiger partial charge on any atom is 0.191 e. The van der Waals surface area contributed by atoms with Gasteiger partial charge in [-0.15, -0.1) is 20.4 Å². The SMILES string of the molecule is [2H]C([2H])(C)C([2H])([2H])Sc1nc(N[C@@H]2C[C@H]2c2ccc(C)c(F)c2)c2nnn([C@]3([2H])C([2H])([2H])[C@]([2H])(OCCO)[C@@]([2H])(O)[C@@]3([2H])O)c2n1.[2H]C([2H])(CC)Sc1nc(N[C@@H]2C[C@H]2c2ccc(C)c(F)c2)c2nnn([C@]3([2H])C([2H])([2H])[C@]([2H])(OC([2H])([2H])C([2H])([2H])O)[C@@]([2H])(O)[C@@]3([2H])O)c2n1.[2H]C([2H])(CO)O[C@@]1([2H])C([2H])([2H])[C@@]([2H])(n2nnc3c(N[C@@H]4C[C@H]4c4ccc(C)c(F)c4)nc(SC([2H])([2H])C([2H])([2H])C)nc32)[C@]([2H])(O)[C@]1([2H])O.[2H]C([2H])(O)CO[C@@]1([2H])C([2H])([2H])[C@@]([2H])(n2nnc3c(N[C@@H]4C[C@H]4c4ccc(C)c(F)c4)nc(SC([2H])([2H])C([2H])([2H])C)nc32)[C@]([2H])(O)[C@]1([2H])O. The van der Waals surface area contributed by atoms with Gasteiger partial charge in [0.2, 0.25) is 0 Å². The number of aliphatic hydroxyl groups is 12. The lowest BCUT2D eigenvalue weighted by molar-refractivity contribution is -0.0629. The summed E-state index contributed by atoms with van der Waals surface area (Å²) < 4.78 is 457. The van der Waals surface area contributed by atoms with Crippen LogP contribution in [0.4, 0.5) is 40.8 Å². The molecule has 776 valence electrons. The minimum Gasteiger partial charge on any atom is -0.394 e. The first-order chi connectivity index (χ1) is 86.0. The Hall–Kier alpha value is -9.52. The van der Waals surface area contributed by atoms with Gasteiger partial charge in [0, 0.05) is 126 Å². The van der Waals surface area contributed by atoms with Crippen LogP contribution >= 0.6 is 47.0 Å². The van der Waals surface area contributed by atoms with E-state index in [1.807, 2.05) is 0 Å². The third kappa shape index (κ3) is 23.8. The molecule has 20 rings (SSSR count). The second kappa shape index (κ2) is 47.3. The van der Waals surface area contributed by atoms with Gasteiger partial charge >= 0.3 is 0 Å². The van der Waals surface area contributed by atoms with Crippen LogP contribution in [0.2, 0.25) is 0 Å². The van der Waals surface area contributed by atoms with E-state index in [0.717, 1.165) is 20.8 Å². The molecule has 16 N–H and O–H groups in total. The summed E-state index contributed by atoms with van der Waals surface area (Å²) in [7, 11) is 0. The van der Waals surface area contributed by atoms with E-state index in [2.05, 4.69) is 107 Å². The van der Waals surface area contributed by atoms with Crippen molar-refractivity contribution in [1.29, 1.82) is 0 Å². The number of aromatic nitrogens is 20. The van der Waals surface area contributed by atoms with Gasteiger partial charge in [-0.2, -0.15) is 0 Å². The fourth-order valence-corrected chi connectivity index (χ4v) is 16.9. The molecule has 8 heterocycles. The second-order valence-electron chi connectivity index (χ2n) is 32.2. The van der Waals surface area contributed by atoms with Gasteiger partial charge < -0.3 is 101 Å². The highest BCUT2D eigenvalue weighted by molar-refractivity contribution is 7.99. The Kier molecular flexibility index (Phi) is 20.4. The number of hydrogen-bond acceptors (Lipinski definition) is 40. The number of thioether (sulfide) groups is 4. The predicted molar refractivity (Wildman–Crippen MR) is 530 cm³/mol. The molecular weight excluding hydrogens is 1950 g/mol. The highest BCUT2D eigenvalue weighted by Crippen LogP contribution is 2.50. The first-order valence-corrected chi connectivity index (χ1v) is 46.8. The van der Waals surface area contributed by atoms with Crippen LogP contribution in [0.25, 0.3) is 44.7 Å². The zero-order chi connectivity index (χ0) is 143. The first kappa shape index (κ1) is 62.1. The molecular formula is C96H124F4N24O16S4. The minimum absolute atomic E-state index is 0.0364. The number of hydrogen-bond donors (Lipinski definition) is 16. The number of aryl methyl sites for hydroxylation is 4. The van der Waals surface area contributed by atoms with E-state index in [1.165, 1.54) is 31.2 Å². The standard InChI is InChI=1S/4C24H31FN6O4S/c4*1-3-8-36-24-27-22(26-16-10-14(16)13-5-4-12(2)15(25)9-13)19-23(28-24)31(30-29-19)17-11-18(35-7-6-32)21(34)20(17)33/h4*4-5,9,14,16-18,20-21,32-34H,3,6-8,10-11H2,1-2H3,(H,26,27,28)/t4*14-,16+,17+,18-,20-,21+/m0000/s1/i6D2,7D2,8D2,11D2,17D,18D,20D,21D;3D2,7D2,8D2,11D2,17D,18D,20D,21D;3D2,6D2,8D2,11D2,17D,18D,20D,21D;3D2,8D2,11D2,17D,18D,20D,21D. The summed E-state index contributed by atoms with van der Waals surface area (Å²) in [6, 6.07) is 2.32. The lowest BCUT2D eigenvalue weighted by Gasteiger charge is -2.17. The normalized spacial score (nSPS) is 43.0. The van der Waals surface area contributed by atoms with Gasteiger partial charge in [-0.05, 0) is 148 Å². The van der Waals surface area contributed by atoms with Crippen molar-refractivity contribution in [1.82, 2.24) is 99.8 Å². The molecule has 0 radical (unpaired) electrons.